The lowest BCUT2D eigenvalue weighted by molar-refractivity contribution is 0.448. The van der Waals surface area contributed by atoms with Crippen LogP contribution in [-0.4, -0.2) is 24.2 Å². The number of hydrogen-bond acceptors (Lipinski definition) is 4. The zero-order valence-corrected chi connectivity index (χ0v) is 5.33. The highest BCUT2D eigenvalue weighted by Crippen LogP contribution is 2.13. The Morgan fingerprint density at radius 1 is 1.67 bits per heavy atom. The summed E-state index contributed by atoms with van der Waals surface area (Å²) < 4.78 is 4.79. The molecule has 0 radical (unpaired) electrons. The molecule has 4 heteroatoms. The van der Waals surface area contributed by atoms with Crippen LogP contribution in [0, 0.1) is 0 Å². The van der Waals surface area contributed by atoms with Crippen LogP contribution >= 0.6 is 0 Å². The van der Waals surface area contributed by atoms with Gasteiger partial charge >= 0.3 is 0 Å². The van der Waals surface area contributed by atoms with Crippen molar-refractivity contribution in [3.05, 3.63) is 6.26 Å². The van der Waals surface area contributed by atoms with Gasteiger partial charge in [0.05, 0.1) is 0 Å². The lowest BCUT2D eigenvalue weighted by Gasteiger charge is -2.02. The largest absolute Gasteiger partial charge is 0.491 e. The minimum Gasteiger partial charge on any atom is -0.491 e. The molecule has 0 amide bonds. The van der Waals surface area contributed by atoms with Crippen molar-refractivity contribution >= 4 is 6.01 Å². The van der Waals surface area contributed by atoms with Gasteiger partial charge in [-0.1, -0.05) is 0 Å². The molecule has 0 atom stereocenters. The van der Waals surface area contributed by atoms with Crippen molar-refractivity contribution in [2.45, 2.75) is 0 Å². The third-order valence-corrected chi connectivity index (χ3v) is 0.863. The SMILES string of the molecule is CN(C)c1nc(O)co1. The number of aromatic nitrogens is 1. The third-order valence-electron chi connectivity index (χ3n) is 0.863. The lowest BCUT2D eigenvalue weighted by Crippen LogP contribution is -2.08. The Balaban J connectivity index is 2.85. The van der Waals surface area contributed by atoms with Gasteiger partial charge in [-0.05, 0) is 0 Å². The second-order valence-corrected chi connectivity index (χ2v) is 1.88. The predicted molar refractivity (Wildman–Crippen MR) is 32.5 cm³/mol. The summed E-state index contributed by atoms with van der Waals surface area (Å²) in [5, 5.41) is 8.67. The summed E-state index contributed by atoms with van der Waals surface area (Å²) in [5.41, 5.74) is 0. The van der Waals surface area contributed by atoms with E-state index in [1.165, 1.54) is 6.26 Å². The molecule has 0 spiro atoms. The summed E-state index contributed by atoms with van der Waals surface area (Å²) >= 11 is 0. The molecule has 1 aromatic heterocycles. The van der Waals surface area contributed by atoms with Crippen LogP contribution in [0.5, 0.6) is 5.88 Å². The Bertz CT molecular complexity index is 195. The van der Waals surface area contributed by atoms with E-state index in [2.05, 4.69) is 4.98 Å². The van der Waals surface area contributed by atoms with Gasteiger partial charge in [0, 0.05) is 14.1 Å². The molecule has 1 rings (SSSR count). The maximum atomic E-state index is 8.67. The van der Waals surface area contributed by atoms with E-state index in [0.29, 0.717) is 6.01 Å². The van der Waals surface area contributed by atoms with Crippen LogP contribution in [0.1, 0.15) is 0 Å². The molecule has 0 bridgehead atoms. The minimum atomic E-state index is -0.0845. The van der Waals surface area contributed by atoms with Crippen LogP contribution in [0.15, 0.2) is 10.7 Å². The molecule has 50 valence electrons. The van der Waals surface area contributed by atoms with E-state index in [4.69, 9.17) is 9.52 Å². The number of hydrogen-bond donors (Lipinski definition) is 1. The smallest absolute Gasteiger partial charge is 0.300 e. The maximum absolute atomic E-state index is 8.67. The van der Waals surface area contributed by atoms with Crippen molar-refractivity contribution in [2.75, 3.05) is 19.0 Å². The summed E-state index contributed by atoms with van der Waals surface area (Å²) in [6.45, 7) is 0. The molecule has 0 unspecified atom stereocenters. The van der Waals surface area contributed by atoms with Gasteiger partial charge < -0.3 is 14.4 Å². The van der Waals surface area contributed by atoms with E-state index in [1.807, 2.05) is 0 Å². The van der Waals surface area contributed by atoms with Crippen LogP contribution in [-0.2, 0) is 0 Å². The molecule has 0 aliphatic rings. The van der Waals surface area contributed by atoms with Gasteiger partial charge in [0.25, 0.3) is 11.9 Å². The fraction of sp³-hybridized carbons (Fsp3) is 0.400. The first-order valence-electron chi connectivity index (χ1n) is 2.52. The summed E-state index contributed by atoms with van der Waals surface area (Å²) in [6, 6.07) is 0.410. The molecule has 0 fully saturated rings. The number of aromatic hydroxyl groups is 1. The van der Waals surface area contributed by atoms with Gasteiger partial charge in [-0.25, -0.2) is 0 Å². The van der Waals surface area contributed by atoms with E-state index in [1.54, 1.807) is 19.0 Å². The molecule has 0 aromatic carbocycles. The summed E-state index contributed by atoms with van der Waals surface area (Å²) in [7, 11) is 3.57. The van der Waals surface area contributed by atoms with Gasteiger partial charge in [-0.2, -0.15) is 4.98 Å². The molecular formula is C5H8N2O2. The van der Waals surface area contributed by atoms with Gasteiger partial charge in [0.1, 0.15) is 0 Å². The number of anilines is 1. The Morgan fingerprint density at radius 2 is 2.33 bits per heavy atom. The van der Waals surface area contributed by atoms with E-state index in [-0.39, 0.29) is 5.88 Å². The highest BCUT2D eigenvalue weighted by atomic mass is 16.4. The molecule has 1 aromatic rings. The highest BCUT2D eigenvalue weighted by molar-refractivity contribution is 5.24. The first-order chi connectivity index (χ1) is 4.20. The standard InChI is InChI=1S/C5H8N2O2/c1-7(2)5-6-4(8)3-9-5/h3,8H,1-2H3. The highest BCUT2D eigenvalue weighted by Gasteiger charge is 2.01. The van der Waals surface area contributed by atoms with Crippen molar-refractivity contribution in [1.82, 2.24) is 4.98 Å². The quantitative estimate of drug-likeness (QED) is 0.596. The normalized spacial score (nSPS) is 9.56. The monoisotopic (exact) mass is 128 g/mol. The molecule has 0 saturated heterocycles. The van der Waals surface area contributed by atoms with Crippen molar-refractivity contribution in [3.63, 3.8) is 0 Å². The number of oxazole rings is 1. The first kappa shape index (κ1) is 5.94. The Hall–Kier alpha value is -1.19. The zero-order valence-electron chi connectivity index (χ0n) is 5.33. The second kappa shape index (κ2) is 1.97. The third kappa shape index (κ3) is 1.13. The minimum absolute atomic E-state index is 0.0845. The van der Waals surface area contributed by atoms with Crippen molar-refractivity contribution in [3.8, 4) is 5.88 Å². The van der Waals surface area contributed by atoms with Crippen LogP contribution in [0.4, 0.5) is 6.01 Å². The van der Waals surface area contributed by atoms with E-state index >= 15 is 0 Å². The van der Waals surface area contributed by atoms with Gasteiger partial charge in [0.15, 0.2) is 6.26 Å². The predicted octanol–water partition coefficient (Wildman–Crippen LogP) is 0.446. The average Bonchev–Trinajstić information content (AvgIpc) is 2.14. The van der Waals surface area contributed by atoms with E-state index in [9.17, 15) is 0 Å². The first-order valence-corrected chi connectivity index (χ1v) is 2.52. The Labute approximate surface area is 52.7 Å². The van der Waals surface area contributed by atoms with Crippen molar-refractivity contribution in [1.29, 1.82) is 0 Å². The average molecular weight is 128 g/mol. The Kier molecular flexibility index (Phi) is 1.30. The van der Waals surface area contributed by atoms with E-state index < -0.39 is 0 Å². The topological polar surface area (TPSA) is 49.5 Å². The van der Waals surface area contributed by atoms with Crippen molar-refractivity contribution in [2.24, 2.45) is 0 Å². The van der Waals surface area contributed by atoms with Crippen LogP contribution in [0.2, 0.25) is 0 Å². The zero-order chi connectivity index (χ0) is 6.85. The molecule has 1 heterocycles. The molecule has 9 heavy (non-hydrogen) atoms. The molecule has 0 aliphatic heterocycles. The molecule has 0 saturated carbocycles. The summed E-state index contributed by atoms with van der Waals surface area (Å²) in [4.78, 5) is 5.29. The van der Waals surface area contributed by atoms with Crippen LogP contribution in [0.25, 0.3) is 0 Å². The molecule has 1 N–H and O–H groups in total. The molecule has 0 aliphatic carbocycles. The summed E-state index contributed by atoms with van der Waals surface area (Å²) in [5.74, 6) is -0.0845. The van der Waals surface area contributed by atoms with Gasteiger partial charge in [0.2, 0.25) is 0 Å². The Morgan fingerprint density at radius 3 is 2.56 bits per heavy atom. The second-order valence-electron chi connectivity index (χ2n) is 1.88. The molecular weight excluding hydrogens is 120 g/mol. The van der Waals surface area contributed by atoms with Gasteiger partial charge in [-0.3, -0.25) is 0 Å². The fourth-order valence-electron chi connectivity index (χ4n) is 0.462. The van der Waals surface area contributed by atoms with E-state index in [0.717, 1.165) is 0 Å². The van der Waals surface area contributed by atoms with Gasteiger partial charge in [-0.15, -0.1) is 0 Å². The molecule has 4 nitrogen and oxygen atoms in total. The number of rotatable bonds is 1. The lowest BCUT2D eigenvalue weighted by atomic mass is 10.9. The van der Waals surface area contributed by atoms with Crippen LogP contribution in [0.3, 0.4) is 0 Å². The van der Waals surface area contributed by atoms with Crippen LogP contribution < -0.4 is 4.90 Å². The summed E-state index contributed by atoms with van der Waals surface area (Å²) in [6.07, 6.45) is 1.19. The maximum Gasteiger partial charge on any atom is 0.300 e. The number of nitrogens with zero attached hydrogens (tertiary/aromatic N) is 2. The van der Waals surface area contributed by atoms with Crippen molar-refractivity contribution < 1.29 is 9.52 Å². The fourth-order valence-corrected chi connectivity index (χ4v) is 0.462.